The van der Waals surface area contributed by atoms with E-state index in [9.17, 15) is 4.79 Å². The molecule has 11 rings (SSSR count). The highest BCUT2D eigenvalue weighted by Crippen LogP contribution is 2.58. The molecule has 1 aromatic heterocycles. The number of β-lactam (4-membered cyclic amide) rings is 1. The fourth-order valence-electron chi connectivity index (χ4n) is 11.0. The molecule has 1 unspecified atom stereocenters. The molecule has 0 spiro atoms. The third-order valence-corrected chi connectivity index (χ3v) is 21.6. The Morgan fingerprint density at radius 2 is 1.06 bits per heavy atom. The standard InChI is InChI=1S/C71H64N5O7PS2.HI/c1-69(2,3)82-67(80)70(4,5)83-75-59(58-48-86-68(72-58)74-71(52-34-18-8-19-35-52,53-36-20-9-21-37-53)54-38-22-10-23-39-54)63(77)73-60-64(78)76-61(66(79)81-62(49-30-14-6-15-31-49)50-32-16-7-17-33-50)51(47-85-65(60)76)46-84(55-40-24-11-25-41-55,56-42-26-12-27-43-56)57-44-28-13-29-45-57;/h6-45,48,60,62,65H,46-47H2,1-5H3,(H-,72,73,74,77);1H/b75-59+;/t60?,65-;/m1./s1. The molecule has 2 aliphatic rings. The number of esters is 2. The van der Waals surface area contributed by atoms with Gasteiger partial charge in [-0.1, -0.05) is 211 Å². The summed E-state index contributed by atoms with van der Waals surface area (Å²) in [4.78, 5) is 72.5. The van der Waals surface area contributed by atoms with E-state index in [1.807, 2.05) is 170 Å². The molecule has 0 bridgehead atoms. The van der Waals surface area contributed by atoms with Gasteiger partial charge in [-0.2, -0.15) is 0 Å². The van der Waals surface area contributed by atoms with E-state index in [1.54, 1.807) is 26.2 Å². The number of nitrogens with zero attached hydrogens (tertiary/aromatic N) is 3. The van der Waals surface area contributed by atoms with Crippen LogP contribution in [0.4, 0.5) is 5.13 Å². The van der Waals surface area contributed by atoms with E-state index in [2.05, 4.69) is 88.6 Å². The molecule has 1 fully saturated rings. The van der Waals surface area contributed by atoms with Crippen LogP contribution in [0.5, 0.6) is 0 Å². The number of benzene rings is 8. The highest BCUT2D eigenvalue weighted by molar-refractivity contribution is 8.00. The fourth-order valence-corrected chi connectivity index (χ4v) is 17.6. The van der Waals surface area contributed by atoms with Gasteiger partial charge in [-0.3, -0.25) is 14.5 Å². The predicted molar refractivity (Wildman–Crippen MR) is 345 cm³/mol. The maximum absolute atomic E-state index is 15.7. The van der Waals surface area contributed by atoms with Crippen molar-refractivity contribution < 1.29 is 57.5 Å². The van der Waals surface area contributed by atoms with Crippen molar-refractivity contribution in [3.63, 3.8) is 0 Å². The number of ether oxygens (including phenoxy) is 2. The van der Waals surface area contributed by atoms with Crippen LogP contribution in [0.1, 0.15) is 74.2 Å². The van der Waals surface area contributed by atoms with Crippen LogP contribution in [-0.2, 0) is 39.0 Å². The summed E-state index contributed by atoms with van der Waals surface area (Å²) in [5.41, 5.74) is 1.51. The van der Waals surface area contributed by atoms with Crippen LogP contribution in [0.3, 0.4) is 0 Å². The topological polar surface area (TPSA) is 149 Å². The highest BCUT2D eigenvalue weighted by atomic mass is 127. The number of thiazole rings is 1. The zero-order chi connectivity index (χ0) is 59.9. The van der Waals surface area contributed by atoms with Gasteiger partial charge >= 0.3 is 11.9 Å². The van der Waals surface area contributed by atoms with E-state index in [0.717, 1.165) is 49.3 Å². The Morgan fingerprint density at radius 3 is 1.49 bits per heavy atom. The summed E-state index contributed by atoms with van der Waals surface area (Å²) >= 11 is 2.71. The van der Waals surface area contributed by atoms with Crippen molar-refractivity contribution in [3.05, 3.63) is 293 Å². The molecule has 2 amide bonds. The molecule has 3 heterocycles. The molecule has 12 nitrogen and oxygen atoms in total. The van der Waals surface area contributed by atoms with Crippen molar-refractivity contribution in [2.45, 2.75) is 68.9 Å². The molecule has 0 saturated carbocycles. The number of rotatable bonds is 20. The number of fused-ring (bicyclic) bond motifs is 1. The third-order valence-electron chi connectivity index (χ3n) is 15.1. The van der Waals surface area contributed by atoms with Crippen LogP contribution in [0, 0.1) is 0 Å². The summed E-state index contributed by atoms with van der Waals surface area (Å²) in [6.45, 7) is 8.25. The summed E-state index contributed by atoms with van der Waals surface area (Å²) in [7, 11) is -2.64. The van der Waals surface area contributed by atoms with E-state index >= 15 is 14.4 Å². The number of anilines is 1. The fraction of sp³-hybridized carbons (Fsp3) is 0.183. The molecule has 0 radical (unpaired) electrons. The van der Waals surface area contributed by atoms with Gasteiger partial charge in [0.1, 0.15) is 57.1 Å². The van der Waals surface area contributed by atoms with Gasteiger partial charge in [-0.15, -0.1) is 23.1 Å². The molecule has 2 N–H and O–H groups in total. The van der Waals surface area contributed by atoms with Crippen LogP contribution in [0.25, 0.3) is 0 Å². The Balaban J connectivity index is 0.00000838. The first-order chi connectivity index (χ1) is 41.7. The molecule has 440 valence electrons. The third kappa shape index (κ3) is 13.1. The van der Waals surface area contributed by atoms with E-state index < -0.39 is 65.3 Å². The van der Waals surface area contributed by atoms with E-state index in [0.29, 0.717) is 17.0 Å². The Bertz CT molecular complexity index is 3670. The lowest BCUT2D eigenvalue weighted by atomic mass is 9.77. The molecular formula is C71H65IN5O7PS2. The zero-order valence-electron chi connectivity index (χ0n) is 48.7. The van der Waals surface area contributed by atoms with Crippen molar-refractivity contribution in [1.82, 2.24) is 15.2 Å². The Labute approximate surface area is 533 Å². The summed E-state index contributed by atoms with van der Waals surface area (Å²) in [6, 6.07) is 79.3. The molecule has 0 aliphatic carbocycles. The molecule has 87 heavy (non-hydrogen) atoms. The van der Waals surface area contributed by atoms with Crippen LogP contribution < -0.4 is 50.5 Å². The molecule has 2 aliphatic heterocycles. The van der Waals surface area contributed by atoms with Crippen LogP contribution >= 0.6 is 30.4 Å². The summed E-state index contributed by atoms with van der Waals surface area (Å²) in [6.07, 6.45) is -0.422. The lowest BCUT2D eigenvalue weighted by Crippen LogP contribution is -3.00. The number of aromatic nitrogens is 1. The van der Waals surface area contributed by atoms with Gasteiger partial charge in [0.2, 0.25) is 5.60 Å². The minimum Gasteiger partial charge on any atom is -1.00 e. The first-order valence-electron chi connectivity index (χ1n) is 28.4. The number of hydrogen-bond acceptors (Lipinski definition) is 12. The smallest absolute Gasteiger partial charge is 0.356 e. The molecule has 2 atom stereocenters. The Kier molecular flexibility index (Phi) is 19.1. The number of carbonyl (C=O) groups is 4. The second kappa shape index (κ2) is 26.8. The first kappa shape index (κ1) is 61.9. The molecule has 16 heteroatoms. The number of oxime groups is 1. The van der Waals surface area contributed by atoms with Crippen LogP contribution in [-0.4, -0.2) is 73.9 Å². The zero-order valence-corrected chi connectivity index (χ0v) is 53.3. The first-order valence-corrected chi connectivity index (χ1v) is 32.3. The second-order valence-corrected chi connectivity index (χ2v) is 27.9. The number of nitrogens with one attached hydrogen (secondary N) is 2. The van der Waals surface area contributed by atoms with E-state index in [1.165, 1.54) is 41.8 Å². The number of thioether (sulfide) groups is 1. The van der Waals surface area contributed by atoms with Crippen molar-refractivity contribution >= 4 is 80.9 Å². The van der Waals surface area contributed by atoms with Gasteiger partial charge in [0, 0.05) is 16.7 Å². The van der Waals surface area contributed by atoms with Gasteiger partial charge in [0.15, 0.2) is 16.9 Å². The highest BCUT2D eigenvalue weighted by Gasteiger charge is 2.57. The van der Waals surface area contributed by atoms with Crippen molar-refractivity contribution in [3.8, 4) is 0 Å². The summed E-state index contributed by atoms with van der Waals surface area (Å²) in [5.74, 6) is -2.38. The molecule has 9 aromatic rings. The van der Waals surface area contributed by atoms with Gasteiger partial charge < -0.3 is 48.9 Å². The van der Waals surface area contributed by atoms with Gasteiger partial charge in [-0.25, -0.2) is 14.6 Å². The van der Waals surface area contributed by atoms with Crippen molar-refractivity contribution in [2.75, 3.05) is 17.2 Å². The minimum atomic E-state index is -2.64. The largest absolute Gasteiger partial charge is 1.00 e. The SMILES string of the molecule is CC(C)(C)OC(=O)C(C)(C)O/N=C(/C(=O)NC1C(=O)N2C(C(=O)OC(c3ccccc3)c3ccccc3)=C(C[P+](c3ccccc3)(c3ccccc3)c3ccccc3)CS[C@H]12)c1csc(NC(c2ccccc2)(c2ccccc2)c2ccccc2)n1.[I-]. The minimum absolute atomic E-state index is 0. The van der Waals surface area contributed by atoms with E-state index in [4.69, 9.17) is 19.3 Å². The summed E-state index contributed by atoms with van der Waals surface area (Å²) < 4.78 is 12.4. The number of carbonyl (C=O) groups excluding carboxylic acids is 4. The summed E-state index contributed by atoms with van der Waals surface area (Å²) in [5, 5.41) is 15.9. The number of amides is 2. The van der Waals surface area contributed by atoms with Gasteiger partial charge in [0.25, 0.3) is 11.8 Å². The predicted octanol–water partition coefficient (Wildman–Crippen LogP) is 9.37. The Morgan fingerprint density at radius 1 is 0.632 bits per heavy atom. The van der Waals surface area contributed by atoms with Crippen molar-refractivity contribution in [1.29, 1.82) is 0 Å². The van der Waals surface area contributed by atoms with E-state index in [-0.39, 0.29) is 41.1 Å². The van der Waals surface area contributed by atoms with Crippen molar-refractivity contribution in [2.24, 2.45) is 5.16 Å². The monoisotopic (exact) mass is 1320 g/mol. The van der Waals surface area contributed by atoms with Crippen LogP contribution in [0.15, 0.2) is 264 Å². The molecule has 8 aromatic carbocycles. The Hall–Kier alpha value is -8.21. The van der Waals surface area contributed by atoms with Gasteiger partial charge in [-0.05, 0) is 98.8 Å². The number of hydrogen-bond donors (Lipinski definition) is 2. The van der Waals surface area contributed by atoms with Gasteiger partial charge in [0.05, 0.1) is 6.16 Å². The average Bonchev–Trinajstić information content (AvgIpc) is 0.819. The lowest BCUT2D eigenvalue weighted by Gasteiger charge is -2.50. The molecule has 1 saturated heterocycles. The number of halogens is 1. The maximum atomic E-state index is 15.7. The second-order valence-electron chi connectivity index (χ2n) is 22.4. The lowest BCUT2D eigenvalue weighted by molar-refractivity contribution is -0.179. The van der Waals surface area contributed by atoms with Crippen LogP contribution in [0.2, 0.25) is 0 Å². The quantitative estimate of drug-likeness (QED) is 0.0144. The molecular weight excluding hydrogens is 1260 g/mol. The normalized spacial score (nSPS) is 15.3. The maximum Gasteiger partial charge on any atom is 0.356 e. The average molecular weight is 1320 g/mol.